The molecule has 0 aliphatic rings. The third-order valence-electron chi connectivity index (χ3n) is 5.22. The fourth-order valence-corrected chi connectivity index (χ4v) is 4.36. The van der Waals surface area contributed by atoms with Crippen molar-refractivity contribution in [2.24, 2.45) is 0 Å². The summed E-state index contributed by atoms with van der Waals surface area (Å²) in [6.07, 6.45) is 3.78. The van der Waals surface area contributed by atoms with Crippen molar-refractivity contribution < 1.29 is 8.83 Å². The molecular weight excluding hydrogens is 340 g/mol. The molecule has 0 saturated heterocycles. The van der Waals surface area contributed by atoms with Crippen LogP contribution in [0.25, 0.3) is 54.3 Å². The van der Waals surface area contributed by atoms with E-state index in [2.05, 4.69) is 54.6 Å². The molecule has 0 atom stereocenters. The normalized spacial score (nSPS) is 12.2. The van der Waals surface area contributed by atoms with Gasteiger partial charge in [0.1, 0.15) is 11.2 Å². The molecular formula is C23H14O2S. The van der Waals surface area contributed by atoms with Gasteiger partial charge in [0.25, 0.3) is 0 Å². The van der Waals surface area contributed by atoms with E-state index in [-0.39, 0.29) is 0 Å². The van der Waals surface area contributed by atoms with Gasteiger partial charge in [0.15, 0.2) is 5.09 Å². The highest BCUT2D eigenvalue weighted by atomic mass is 32.2. The van der Waals surface area contributed by atoms with Crippen LogP contribution in [0.4, 0.5) is 0 Å². The molecule has 0 bridgehead atoms. The molecule has 124 valence electrons. The minimum Gasteiger partial charge on any atom is -0.464 e. The molecule has 0 N–H and O–H groups in total. The van der Waals surface area contributed by atoms with Gasteiger partial charge in [-0.3, -0.25) is 0 Å². The first-order valence-electron chi connectivity index (χ1n) is 8.54. The van der Waals surface area contributed by atoms with E-state index < -0.39 is 0 Å². The Morgan fingerprint density at radius 3 is 2.04 bits per heavy atom. The van der Waals surface area contributed by atoms with Crippen LogP contribution in [-0.2, 0) is 0 Å². The lowest BCUT2D eigenvalue weighted by atomic mass is 9.96. The summed E-state index contributed by atoms with van der Waals surface area (Å²) in [7, 11) is 0. The number of hydrogen-bond donors (Lipinski definition) is 0. The lowest BCUT2D eigenvalue weighted by molar-refractivity contribution is 0.516. The summed E-state index contributed by atoms with van der Waals surface area (Å²) < 4.78 is 11.6. The second kappa shape index (κ2) is 5.05. The van der Waals surface area contributed by atoms with E-state index in [0.29, 0.717) is 0 Å². The summed E-state index contributed by atoms with van der Waals surface area (Å²) in [4.78, 5) is 0. The molecule has 0 amide bonds. The van der Waals surface area contributed by atoms with Gasteiger partial charge in [-0.25, -0.2) is 0 Å². The van der Waals surface area contributed by atoms with Crippen LogP contribution in [0.1, 0.15) is 0 Å². The Kier molecular flexibility index (Phi) is 2.78. The van der Waals surface area contributed by atoms with Crippen molar-refractivity contribution >= 4 is 66.0 Å². The summed E-state index contributed by atoms with van der Waals surface area (Å²) in [5, 5.41) is 10.6. The van der Waals surface area contributed by atoms with Crippen LogP contribution in [0, 0.1) is 0 Å². The Labute approximate surface area is 153 Å². The molecule has 0 saturated carbocycles. The Balaban J connectivity index is 1.77. The van der Waals surface area contributed by atoms with Gasteiger partial charge in [0, 0.05) is 10.8 Å². The standard InChI is InChI=1S/C23H14O2S/c1-26-23-10-16-9-14-3-5-17-18(20(14)12-22(16)25-23)4-2-13-8-15-6-7-24-21(15)11-19(13)17/h2-12H,1H3. The molecule has 2 nitrogen and oxygen atoms in total. The molecule has 0 radical (unpaired) electrons. The first-order chi connectivity index (χ1) is 12.8. The second-order valence-corrected chi connectivity index (χ2v) is 7.45. The summed E-state index contributed by atoms with van der Waals surface area (Å²) >= 11 is 1.63. The van der Waals surface area contributed by atoms with Crippen molar-refractivity contribution in [2.45, 2.75) is 5.09 Å². The SMILES string of the molecule is CSc1cc2cc3ccc4c5cc6occc6cc5ccc4c3cc2o1. The van der Waals surface area contributed by atoms with Crippen LogP contribution in [0.2, 0.25) is 0 Å². The van der Waals surface area contributed by atoms with E-state index in [1.165, 1.54) is 32.3 Å². The van der Waals surface area contributed by atoms with Gasteiger partial charge >= 0.3 is 0 Å². The minimum absolute atomic E-state index is 0.927. The fourth-order valence-electron chi connectivity index (χ4n) is 3.95. The highest BCUT2D eigenvalue weighted by Gasteiger charge is 2.10. The lowest BCUT2D eigenvalue weighted by Crippen LogP contribution is -1.81. The second-order valence-electron chi connectivity index (χ2n) is 6.64. The maximum atomic E-state index is 5.96. The fraction of sp³-hybridized carbons (Fsp3) is 0.0435. The maximum absolute atomic E-state index is 5.96. The molecule has 26 heavy (non-hydrogen) atoms. The van der Waals surface area contributed by atoms with Gasteiger partial charge in [-0.15, -0.1) is 0 Å². The predicted octanol–water partition coefficient (Wildman–Crippen LogP) is 7.36. The monoisotopic (exact) mass is 354 g/mol. The predicted molar refractivity (Wildman–Crippen MR) is 110 cm³/mol. The zero-order valence-corrected chi connectivity index (χ0v) is 14.9. The smallest absolute Gasteiger partial charge is 0.161 e. The van der Waals surface area contributed by atoms with Crippen LogP contribution in [0.15, 0.2) is 80.9 Å². The van der Waals surface area contributed by atoms with E-state index in [9.17, 15) is 0 Å². The first-order valence-corrected chi connectivity index (χ1v) is 9.77. The summed E-state index contributed by atoms with van der Waals surface area (Å²) in [5.74, 6) is 0. The first kappa shape index (κ1) is 14.3. The molecule has 0 aliphatic carbocycles. The Morgan fingerprint density at radius 1 is 0.615 bits per heavy atom. The van der Waals surface area contributed by atoms with Crippen LogP contribution in [0.5, 0.6) is 0 Å². The molecule has 0 spiro atoms. The number of benzene rings is 4. The van der Waals surface area contributed by atoms with Crippen molar-refractivity contribution in [2.75, 3.05) is 6.26 Å². The third-order valence-corrected chi connectivity index (χ3v) is 5.82. The van der Waals surface area contributed by atoms with E-state index in [4.69, 9.17) is 8.83 Å². The number of fused-ring (bicyclic) bond motifs is 7. The van der Waals surface area contributed by atoms with Crippen molar-refractivity contribution in [3.8, 4) is 0 Å². The quantitative estimate of drug-likeness (QED) is 0.228. The Hall–Kier alpha value is -2.91. The average Bonchev–Trinajstić information content (AvgIpc) is 3.29. The van der Waals surface area contributed by atoms with Gasteiger partial charge in [0.2, 0.25) is 0 Å². The van der Waals surface area contributed by atoms with Gasteiger partial charge in [0.05, 0.1) is 6.26 Å². The van der Waals surface area contributed by atoms with Crippen molar-refractivity contribution in [3.05, 3.63) is 66.9 Å². The molecule has 0 unspecified atom stereocenters. The zero-order chi connectivity index (χ0) is 17.3. The summed E-state index contributed by atoms with van der Waals surface area (Å²) in [6, 6.07) is 21.7. The van der Waals surface area contributed by atoms with Crippen molar-refractivity contribution in [1.29, 1.82) is 0 Å². The third kappa shape index (κ3) is 1.89. The average molecular weight is 354 g/mol. The van der Waals surface area contributed by atoms with Gasteiger partial charge < -0.3 is 8.83 Å². The van der Waals surface area contributed by atoms with Crippen molar-refractivity contribution in [3.63, 3.8) is 0 Å². The van der Waals surface area contributed by atoms with Crippen LogP contribution in [-0.4, -0.2) is 6.26 Å². The van der Waals surface area contributed by atoms with E-state index >= 15 is 0 Å². The number of hydrogen-bond acceptors (Lipinski definition) is 3. The van der Waals surface area contributed by atoms with E-state index in [1.807, 2.05) is 12.3 Å². The van der Waals surface area contributed by atoms with E-state index in [1.54, 1.807) is 18.0 Å². The molecule has 2 heterocycles. The molecule has 6 aromatic rings. The summed E-state index contributed by atoms with van der Waals surface area (Å²) in [6.45, 7) is 0. The zero-order valence-electron chi connectivity index (χ0n) is 14.1. The molecule has 6 rings (SSSR count). The number of thioether (sulfide) groups is 1. The largest absolute Gasteiger partial charge is 0.464 e. The molecule has 3 heteroatoms. The molecule has 4 aromatic carbocycles. The number of furan rings is 2. The molecule has 2 aromatic heterocycles. The van der Waals surface area contributed by atoms with Crippen LogP contribution in [0.3, 0.4) is 0 Å². The minimum atomic E-state index is 0.927. The van der Waals surface area contributed by atoms with Crippen LogP contribution < -0.4 is 0 Å². The maximum Gasteiger partial charge on any atom is 0.161 e. The molecule has 0 fully saturated rings. The van der Waals surface area contributed by atoms with Gasteiger partial charge in [-0.2, -0.15) is 0 Å². The van der Waals surface area contributed by atoms with E-state index in [0.717, 1.165) is 27.0 Å². The summed E-state index contributed by atoms with van der Waals surface area (Å²) in [5.41, 5.74) is 1.87. The van der Waals surface area contributed by atoms with Crippen LogP contribution >= 0.6 is 11.8 Å². The van der Waals surface area contributed by atoms with Gasteiger partial charge in [-0.05, 0) is 75.0 Å². The number of rotatable bonds is 1. The molecule has 0 aliphatic heterocycles. The van der Waals surface area contributed by atoms with Crippen molar-refractivity contribution in [1.82, 2.24) is 0 Å². The topological polar surface area (TPSA) is 26.3 Å². The Morgan fingerprint density at radius 2 is 1.31 bits per heavy atom. The van der Waals surface area contributed by atoms with Gasteiger partial charge in [-0.1, -0.05) is 36.0 Å². The highest BCUT2D eigenvalue weighted by Crippen LogP contribution is 2.36. The lowest BCUT2D eigenvalue weighted by Gasteiger charge is -2.08. The Bertz CT molecular complexity index is 1470. The highest BCUT2D eigenvalue weighted by molar-refractivity contribution is 7.98.